The predicted molar refractivity (Wildman–Crippen MR) is 258 cm³/mol. The fourth-order valence-electron chi connectivity index (χ4n) is 11.7. The van der Waals surface area contributed by atoms with Crippen molar-refractivity contribution >= 4 is 162 Å². The first kappa shape index (κ1) is 30.2. The molecule has 0 spiro atoms. The van der Waals surface area contributed by atoms with Crippen LogP contribution in [0, 0.1) is 0 Å². The zero-order valence-electron chi connectivity index (χ0n) is 31.4. The van der Waals surface area contributed by atoms with E-state index in [0.29, 0.717) is 0 Å². The number of fused-ring (bicyclic) bond motifs is 22. The van der Waals surface area contributed by atoms with Crippen molar-refractivity contribution in [2.75, 3.05) is 0 Å². The number of aromatic nitrogens is 2. The highest BCUT2D eigenvalue weighted by atomic mass is 32.1. The van der Waals surface area contributed by atoms with Gasteiger partial charge >= 0.3 is 0 Å². The minimum Gasteiger partial charge on any atom is -0.310 e. The van der Waals surface area contributed by atoms with Crippen molar-refractivity contribution in [2.45, 2.75) is 0 Å². The molecule has 0 aliphatic carbocycles. The summed E-state index contributed by atoms with van der Waals surface area (Å²) >= 11 is 3.84. The number of benzene rings is 10. The van der Waals surface area contributed by atoms with E-state index in [9.17, 15) is 0 Å². The third-order valence-electron chi connectivity index (χ3n) is 14.0. The highest BCUT2D eigenvalue weighted by molar-refractivity contribution is 7.26. The molecule has 0 unspecified atom stereocenters. The van der Waals surface area contributed by atoms with E-state index in [0.717, 1.165) is 0 Å². The van der Waals surface area contributed by atoms with Gasteiger partial charge in [-0.05, 0) is 85.8 Å². The summed E-state index contributed by atoms with van der Waals surface area (Å²) in [5, 5.41) is 18.6. The van der Waals surface area contributed by atoms with Gasteiger partial charge in [-0.2, -0.15) is 0 Å². The highest BCUT2D eigenvalue weighted by Gasteiger charge is 2.41. The molecule has 268 valence electrons. The Balaban J connectivity index is 1.08. The molecule has 59 heavy (non-hydrogen) atoms. The van der Waals surface area contributed by atoms with Gasteiger partial charge in [-0.25, -0.2) is 0 Å². The van der Waals surface area contributed by atoms with Crippen molar-refractivity contribution < 1.29 is 0 Å². The van der Waals surface area contributed by atoms with E-state index in [1.54, 1.807) is 0 Å². The average Bonchev–Trinajstić information content (AvgIpc) is 4.03. The van der Waals surface area contributed by atoms with E-state index >= 15 is 0 Å². The molecule has 2 aliphatic rings. The Kier molecular flexibility index (Phi) is 5.22. The highest BCUT2D eigenvalue weighted by Crippen LogP contribution is 2.47. The van der Waals surface area contributed by atoms with E-state index in [2.05, 4.69) is 173 Å². The van der Waals surface area contributed by atoms with E-state index in [1.807, 2.05) is 22.7 Å². The van der Waals surface area contributed by atoms with Gasteiger partial charge in [0.25, 0.3) is 6.71 Å². The van der Waals surface area contributed by atoms with Crippen LogP contribution in [-0.2, 0) is 0 Å². The van der Waals surface area contributed by atoms with Gasteiger partial charge in [0.05, 0.1) is 16.7 Å². The second kappa shape index (κ2) is 10.2. The minimum atomic E-state index is 0.0995. The number of hydrogen-bond acceptors (Lipinski definition) is 2. The largest absolute Gasteiger partial charge is 0.310 e. The summed E-state index contributed by atoms with van der Waals surface area (Å²) in [7, 11) is 0. The number of nitrogens with zero attached hydrogens (tertiary/aromatic N) is 2. The third-order valence-corrected chi connectivity index (χ3v) is 16.2. The molecule has 10 aromatic carbocycles. The lowest BCUT2D eigenvalue weighted by Gasteiger charge is -2.34. The van der Waals surface area contributed by atoms with Gasteiger partial charge < -0.3 is 9.13 Å². The summed E-state index contributed by atoms with van der Waals surface area (Å²) in [6.07, 6.45) is 0. The fraction of sp³-hybridized carbons (Fsp3) is 0. The molecule has 5 heteroatoms. The Bertz CT molecular complexity index is 4330. The quantitative estimate of drug-likeness (QED) is 0.136. The molecule has 16 rings (SSSR count). The maximum atomic E-state index is 2.66. The lowest BCUT2D eigenvalue weighted by atomic mass is 9.34. The molecule has 14 aromatic rings. The lowest BCUT2D eigenvalue weighted by molar-refractivity contribution is 1.16. The van der Waals surface area contributed by atoms with Gasteiger partial charge in [-0.3, -0.25) is 0 Å². The first-order valence-electron chi connectivity index (χ1n) is 20.5. The molecule has 2 aliphatic heterocycles. The number of para-hydroxylation sites is 2. The van der Waals surface area contributed by atoms with Crippen molar-refractivity contribution in [3.8, 4) is 11.4 Å². The van der Waals surface area contributed by atoms with Crippen LogP contribution in [0.4, 0.5) is 0 Å². The van der Waals surface area contributed by atoms with Crippen LogP contribution in [0.3, 0.4) is 0 Å². The van der Waals surface area contributed by atoms with Crippen molar-refractivity contribution in [3.63, 3.8) is 0 Å². The van der Waals surface area contributed by atoms with Crippen LogP contribution >= 0.6 is 22.7 Å². The SMILES string of the molecule is c1ccc2c3c4c(cc2c1)-n1c2cc5sc6ccc7ccccc7c6c5cc2c2cccc(c21)B4c1cccc2c4cc5c(cc4n-3c12)sc1ccc2ccccc2c15. The van der Waals surface area contributed by atoms with E-state index in [1.165, 1.54) is 144 Å². The maximum absolute atomic E-state index is 2.66. The lowest BCUT2D eigenvalue weighted by Crippen LogP contribution is -2.59. The topological polar surface area (TPSA) is 9.86 Å². The van der Waals surface area contributed by atoms with Crippen molar-refractivity contribution in [3.05, 3.63) is 164 Å². The predicted octanol–water partition coefficient (Wildman–Crippen LogP) is 13.2. The van der Waals surface area contributed by atoms with Crippen molar-refractivity contribution in [2.24, 2.45) is 0 Å². The van der Waals surface area contributed by atoms with Crippen molar-refractivity contribution in [1.29, 1.82) is 0 Å². The van der Waals surface area contributed by atoms with Crippen LogP contribution in [0.15, 0.2) is 164 Å². The summed E-state index contributed by atoms with van der Waals surface area (Å²) in [6, 6.07) is 62.7. The zero-order chi connectivity index (χ0) is 37.8. The molecule has 0 bridgehead atoms. The first-order chi connectivity index (χ1) is 29.3. The van der Waals surface area contributed by atoms with Crippen LogP contribution < -0.4 is 16.4 Å². The molecule has 0 saturated heterocycles. The van der Waals surface area contributed by atoms with Gasteiger partial charge in [-0.15, -0.1) is 22.7 Å². The molecular weight excluding hydrogens is 752 g/mol. The van der Waals surface area contributed by atoms with Gasteiger partial charge in [0.1, 0.15) is 0 Å². The molecule has 0 N–H and O–H groups in total. The van der Waals surface area contributed by atoms with Gasteiger partial charge in [0.15, 0.2) is 0 Å². The van der Waals surface area contributed by atoms with Gasteiger partial charge in [0.2, 0.25) is 0 Å². The molecule has 0 radical (unpaired) electrons. The molecule has 0 fully saturated rings. The summed E-state index contributed by atoms with van der Waals surface area (Å²) in [4.78, 5) is 0. The summed E-state index contributed by atoms with van der Waals surface area (Å²) in [5.41, 5.74) is 12.1. The Hall–Kier alpha value is -6.92. The van der Waals surface area contributed by atoms with Crippen molar-refractivity contribution in [1.82, 2.24) is 9.13 Å². The van der Waals surface area contributed by atoms with Crippen LogP contribution in [0.2, 0.25) is 0 Å². The fourth-order valence-corrected chi connectivity index (χ4v) is 14.0. The maximum Gasteiger partial charge on any atom is 0.252 e. The van der Waals surface area contributed by atoms with Crippen LogP contribution in [0.25, 0.3) is 128 Å². The molecule has 0 atom stereocenters. The second-order valence-electron chi connectivity index (χ2n) is 16.7. The number of rotatable bonds is 0. The molecular formula is C54H27BN2S2. The van der Waals surface area contributed by atoms with E-state index in [4.69, 9.17) is 0 Å². The zero-order valence-corrected chi connectivity index (χ0v) is 33.0. The van der Waals surface area contributed by atoms with Gasteiger partial charge in [-0.1, -0.05) is 121 Å². The van der Waals surface area contributed by atoms with Crippen LogP contribution in [0.5, 0.6) is 0 Å². The van der Waals surface area contributed by atoms with E-state index < -0.39 is 0 Å². The number of hydrogen-bond donors (Lipinski definition) is 0. The first-order valence-corrected chi connectivity index (χ1v) is 22.1. The van der Waals surface area contributed by atoms with Gasteiger partial charge in [0, 0.05) is 84.0 Å². The molecule has 6 heterocycles. The Morgan fingerprint density at radius 1 is 0.356 bits per heavy atom. The van der Waals surface area contributed by atoms with Crippen LogP contribution in [-0.4, -0.2) is 15.8 Å². The van der Waals surface area contributed by atoms with Crippen LogP contribution in [0.1, 0.15) is 0 Å². The summed E-state index contributed by atoms with van der Waals surface area (Å²) in [6.45, 7) is 0.0995. The second-order valence-corrected chi connectivity index (χ2v) is 18.9. The molecule has 0 saturated carbocycles. The van der Waals surface area contributed by atoms with E-state index in [-0.39, 0.29) is 6.71 Å². The average molecular weight is 779 g/mol. The molecule has 0 amide bonds. The minimum absolute atomic E-state index is 0.0995. The Morgan fingerprint density at radius 3 is 1.47 bits per heavy atom. The monoisotopic (exact) mass is 778 g/mol. The normalized spacial score (nSPS) is 13.4. The molecule has 2 nitrogen and oxygen atoms in total. The standard InChI is InChI=1S/C54H27BN2S2/c1-4-12-31-28(9-1)19-21-45-49(31)38-24-36-34-15-7-17-40-52(34)56(42(36)26-47(38)58-45)44-23-30-11-3-6-14-33(30)54-51(44)55(40)41-18-8-16-35-37-25-39-48(27-43(37)57(54)53(35)41)59-46-22-20-29-10-2-5-13-32(29)50(39)46/h1-27H. The Labute approximate surface area is 344 Å². The number of thiophene rings is 2. The third kappa shape index (κ3) is 3.48. The smallest absolute Gasteiger partial charge is 0.252 e. The summed E-state index contributed by atoms with van der Waals surface area (Å²) < 4.78 is 10.7. The summed E-state index contributed by atoms with van der Waals surface area (Å²) in [5.74, 6) is 0. The molecule has 4 aromatic heterocycles. The Morgan fingerprint density at radius 2 is 0.864 bits per heavy atom.